The number of rotatable bonds is 0. The molecule has 1 aromatic carbocycles. The Morgan fingerprint density at radius 1 is 1.17 bits per heavy atom. The van der Waals surface area contributed by atoms with Crippen molar-refractivity contribution in [3.05, 3.63) is 30.0 Å². The molecule has 12 heavy (non-hydrogen) atoms. The second kappa shape index (κ2) is 2.03. The molecule has 3 rings (SSSR count). The van der Waals surface area contributed by atoms with E-state index in [9.17, 15) is 0 Å². The fourth-order valence-corrected chi connectivity index (χ4v) is 1.90. The van der Waals surface area contributed by atoms with E-state index in [0.717, 1.165) is 13.0 Å². The van der Waals surface area contributed by atoms with Crippen LogP contribution < -0.4 is 5.32 Å². The van der Waals surface area contributed by atoms with Gasteiger partial charge < -0.3 is 10.3 Å². The fourth-order valence-electron chi connectivity index (χ4n) is 1.90. The lowest BCUT2D eigenvalue weighted by Crippen LogP contribution is -1.92. The van der Waals surface area contributed by atoms with Crippen LogP contribution in [0, 0.1) is 0 Å². The largest absolute Gasteiger partial charge is 0.383 e. The minimum Gasteiger partial charge on any atom is -0.383 e. The molecular formula is C10H10N2. The molecule has 0 fully saturated rings. The maximum absolute atomic E-state index is 3.41. The Bertz CT molecular complexity index is 428. The van der Waals surface area contributed by atoms with E-state index in [2.05, 4.69) is 34.6 Å². The predicted octanol–water partition coefficient (Wildman–Crippen LogP) is 2.14. The number of hydrogen-bond donors (Lipinski definition) is 2. The molecule has 2 heteroatoms. The van der Waals surface area contributed by atoms with Gasteiger partial charge in [0.05, 0.1) is 5.69 Å². The first-order valence-corrected chi connectivity index (χ1v) is 4.28. The van der Waals surface area contributed by atoms with Gasteiger partial charge in [-0.1, -0.05) is 18.2 Å². The summed E-state index contributed by atoms with van der Waals surface area (Å²) in [5.41, 5.74) is 3.91. The zero-order valence-corrected chi connectivity index (χ0v) is 6.72. The summed E-state index contributed by atoms with van der Waals surface area (Å²) in [6, 6.07) is 8.42. The van der Waals surface area contributed by atoms with Crippen molar-refractivity contribution in [1.29, 1.82) is 0 Å². The number of benzene rings is 1. The Kier molecular flexibility index (Phi) is 1.04. The van der Waals surface area contributed by atoms with Crippen LogP contribution in [0.5, 0.6) is 0 Å². The lowest BCUT2D eigenvalue weighted by Gasteiger charge is -1.94. The summed E-state index contributed by atoms with van der Waals surface area (Å²) in [5, 5.41) is 4.72. The van der Waals surface area contributed by atoms with Crippen molar-refractivity contribution in [2.75, 3.05) is 11.9 Å². The molecule has 1 aromatic heterocycles. The second-order valence-corrected chi connectivity index (χ2v) is 3.20. The molecule has 1 aliphatic heterocycles. The molecule has 2 nitrogen and oxygen atoms in total. The first-order chi connectivity index (χ1) is 5.95. The van der Waals surface area contributed by atoms with Gasteiger partial charge in [0.25, 0.3) is 0 Å². The maximum Gasteiger partial charge on any atom is 0.0631 e. The third kappa shape index (κ3) is 0.644. The van der Waals surface area contributed by atoms with E-state index < -0.39 is 0 Å². The van der Waals surface area contributed by atoms with Gasteiger partial charge in [0.1, 0.15) is 0 Å². The minimum atomic E-state index is 1.08. The predicted molar refractivity (Wildman–Crippen MR) is 50.5 cm³/mol. The molecule has 0 unspecified atom stereocenters. The van der Waals surface area contributed by atoms with Gasteiger partial charge in [0.15, 0.2) is 0 Å². The summed E-state index contributed by atoms with van der Waals surface area (Å²) in [5.74, 6) is 0. The highest BCUT2D eigenvalue weighted by molar-refractivity contribution is 5.95. The smallest absolute Gasteiger partial charge is 0.0631 e. The van der Waals surface area contributed by atoms with E-state index in [1.165, 1.54) is 22.3 Å². The molecular weight excluding hydrogens is 148 g/mol. The van der Waals surface area contributed by atoms with Gasteiger partial charge >= 0.3 is 0 Å². The van der Waals surface area contributed by atoms with Gasteiger partial charge in [0.2, 0.25) is 0 Å². The van der Waals surface area contributed by atoms with Crippen molar-refractivity contribution in [2.24, 2.45) is 0 Å². The molecule has 0 saturated carbocycles. The van der Waals surface area contributed by atoms with Crippen molar-refractivity contribution in [3.8, 4) is 0 Å². The van der Waals surface area contributed by atoms with Crippen LogP contribution in [0.2, 0.25) is 0 Å². The number of H-pyrrole nitrogens is 1. The molecule has 2 heterocycles. The first kappa shape index (κ1) is 6.12. The van der Waals surface area contributed by atoms with E-state index in [1.807, 2.05) is 0 Å². The SMILES string of the molecule is c1ccc2c3c([nH]c2c1)CCN3. The highest BCUT2D eigenvalue weighted by atomic mass is 15.0. The summed E-state index contributed by atoms with van der Waals surface area (Å²) in [6.45, 7) is 1.08. The lowest BCUT2D eigenvalue weighted by atomic mass is 10.2. The van der Waals surface area contributed by atoms with Crippen LogP contribution >= 0.6 is 0 Å². The number of hydrogen-bond acceptors (Lipinski definition) is 1. The Morgan fingerprint density at radius 3 is 3.08 bits per heavy atom. The molecule has 1 aliphatic rings. The monoisotopic (exact) mass is 158 g/mol. The average Bonchev–Trinajstić information content (AvgIpc) is 2.62. The Hall–Kier alpha value is -1.44. The number of anilines is 1. The number of fused-ring (bicyclic) bond motifs is 3. The lowest BCUT2D eigenvalue weighted by molar-refractivity contribution is 1.06. The van der Waals surface area contributed by atoms with E-state index >= 15 is 0 Å². The normalized spacial score (nSPS) is 14.7. The van der Waals surface area contributed by atoms with Crippen LogP contribution in [-0.2, 0) is 6.42 Å². The van der Waals surface area contributed by atoms with Crippen molar-refractivity contribution in [3.63, 3.8) is 0 Å². The summed E-state index contributed by atoms with van der Waals surface area (Å²) in [7, 11) is 0. The van der Waals surface area contributed by atoms with Crippen molar-refractivity contribution in [1.82, 2.24) is 4.98 Å². The fraction of sp³-hybridized carbons (Fsp3) is 0.200. The van der Waals surface area contributed by atoms with Crippen LogP contribution in [0.15, 0.2) is 24.3 Å². The molecule has 60 valence electrons. The third-order valence-electron chi connectivity index (χ3n) is 2.46. The number of aromatic amines is 1. The van der Waals surface area contributed by atoms with Crippen molar-refractivity contribution >= 4 is 16.6 Å². The summed E-state index contributed by atoms with van der Waals surface area (Å²) in [4.78, 5) is 3.41. The second-order valence-electron chi connectivity index (χ2n) is 3.20. The Labute approximate surface area is 70.6 Å². The molecule has 0 saturated heterocycles. The van der Waals surface area contributed by atoms with Crippen LogP contribution in [0.1, 0.15) is 5.69 Å². The van der Waals surface area contributed by atoms with Gasteiger partial charge in [-0.05, 0) is 6.07 Å². The van der Waals surface area contributed by atoms with Gasteiger partial charge in [-0.25, -0.2) is 0 Å². The van der Waals surface area contributed by atoms with Crippen LogP contribution in [0.25, 0.3) is 10.9 Å². The van der Waals surface area contributed by atoms with Gasteiger partial charge in [-0.15, -0.1) is 0 Å². The molecule has 2 aromatic rings. The van der Waals surface area contributed by atoms with Crippen LogP contribution in [0.3, 0.4) is 0 Å². The van der Waals surface area contributed by atoms with Crippen LogP contribution in [0.4, 0.5) is 5.69 Å². The maximum atomic E-state index is 3.41. The Balaban J connectivity index is 2.44. The van der Waals surface area contributed by atoms with Gasteiger partial charge in [0, 0.05) is 29.6 Å². The molecule has 0 atom stereocenters. The molecule has 0 bridgehead atoms. The van der Waals surface area contributed by atoms with E-state index in [0.29, 0.717) is 0 Å². The average molecular weight is 158 g/mol. The molecule has 0 spiro atoms. The topological polar surface area (TPSA) is 27.8 Å². The summed E-state index contributed by atoms with van der Waals surface area (Å²) < 4.78 is 0. The molecule has 0 radical (unpaired) electrons. The van der Waals surface area contributed by atoms with Crippen molar-refractivity contribution < 1.29 is 0 Å². The Morgan fingerprint density at radius 2 is 2.08 bits per heavy atom. The quantitative estimate of drug-likeness (QED) is 0.604. The van der Waals surface area contributed by atoms with Gasteiger partial charge in [-0.2, -0.15) is 0 Å². The van der Waals surface area contributed by atoms with E-state index in [4.69, 9.17) is 0 Å². The highest BCUT2D eigenvalue weighted by Gasteiger charge is 2.14. The van der Waals surface area contributed by atoms with Gasteiger partial charge in [-0.3, -0.25) is 0 Å². The summed E-state index contributed by atoms with van der Waals surface area (Å²) in [6.07, 6.45) is 1.13. The number of para-hydroxylation sites is 1. The minimum absolute atomic E-state index is 1.08. The van der Waals surface area contributed by atoms with E-state index in [-0.39, 0.29) is 0 Å². The highest BCUT2D eigenvalue weighted by Crippen LogP contribution is 2.30. The van der Waals surface area contributed by atoms with Crippen molar-refractivity contribution in [2.45, 2.75) is 6.42 Å². The van der Waals surface area contributed by atoms with E-state index in [1.54, 1.807) is 0 Å². The molecule has 0 amide bonds. The van der Waals surface area contributed by atoms with Crippen LogP contribution in [-0.4, -0.2) is 11.5 Å². The zero-order valence-electron chi connectivity index (χ0n) is 6.72. The molecule has 0 aliphatic carbocycles. The first-order valence-electron chi connectivity index (χ1n) is 4.28. The summed E-state index contributed by atoms with van der Waals surface area (Å²) >= 11 is 0. The third-order valence-corrected chi connectivity index (χ3v) is 2.46. The molecule has 2 N–H and O–H groups in total. The number of nitrogens with one attached hydrogen (secondary N) is 2. The number of aromatic nitrogens is 1. The standard InChI is InChI=1S/C10H10N2/c1-2-4-8-7(3-1)10-9(12-8)5-6-11-10/h1-4,11-12H,5-6H2. The zero-order chi connectivity index (χ0) is 7.97.